The SMILES string of the molecule is CN(C)c1ccc(/C=C(\C#N)C(=O)OCC[n+]2ccccc2)cc1.[Cl-]. The maximum atomic E-state index is 12.0. The van der Waals surface area contributed by atoms with E-state index < -0.39 is 5.97 Å². The average Bonchev–Trinajstić information content (AvgIpc) is 2.60. The molecule has 0 amide bonds. The number of nitriles is 1. The van der Waals surface area contributed by atoms with E-state index in [2.05, 4.69) is 0 Å². The molecule has 2 rings (SSSR count). The largest absolute Gasteiger partial charge is 1.00 e. The summed E-state index contributed by atoms with van der Waals surface area (Å²) in [7, 11) is 3.90. The molecular formula is C19H20ClN3O2. The molecule has 0 unspecified atom stereocenters. The van der Waals surface area contributed by atoms with Crippen LogP contribution in [0.5, 0.6) is 0 Å². The number of carbonyl (C=O) groups excluding carboxylic acids is 1. The molecule has 1 heterocycles. The Hall–Kier alpha value is -2.84. The van der Waals surface area contributed by atoms with Gasteiger partial charge in [0, 0.05) is 31.9 Å². The highest BCUT2D eigenvalue weighted by Crippen LogP contribution is 2.15. The number of rotatable bonds is 6. The first-order valence-corrected chi connectivity index (χ1v) is 7.60. The van der Waals surface area contributed by atoms with Gasteiger partial charge in [0.25, 0.3) is 0 Å². The van der Waals surface area contributed by atoms with Crippen LogP contribution >= 0.6 is 0 Å². The molecule has 5 nitrogen and oxygen atoms in total. The quantitative estimate of drug-likeness (QED) is 0.294. The van der Waals surface area contributed by atoms with E-state index in [4.69, 9.17) is 4.74 Å². The van der Waals surface area contributed by atoms with Crippen LogP contribution in [0.15, 0.2) is 60.4 Å². The molecule has 1 aromatic heterocycles. The van der Waals surface area contributed by atoms with Gasteiger partial charge < -0.3 is 22.0 Å². The van der Waals surface area contributed by atoms with Gasteiger partial charge in [-0.25, -0.2) is 9.36 Å². The second kappa shape index (κ2) is 10.1. The maximum absolute atomic E-state index is 12.0. The fraction of sp³-hybridized carbons (Fsp3) is 0.211. The highest BCUT2D eigenvalue weighted by atomic mass is 35.5. The normalized spacial score (nSPS) is 10.4. The Kier molecular flexibility index (Phi) is 8.17. The molecule has 1 aromatic carbocycles. The molecule has 0 spiro atoms. The third kappa shape index (κ3) is 6.28. The van der Waals surface area contributed by atoms with Gasteiger partial charge in [-0.2, -0.15) is 5.26 Å². The third-order valence-corrected chi connectivity index (χ3v) is 3.42. The Morgan fingerprint density at radius 3 is 2.40 bits per heavy atom. The van der Waals surface area contributed by atoms with Gasteiger partial charge >= 0.3 is 5.97 Å². The Bertz CT molecular complexity index is 750. The standard InChI is InChI=1S/C19H20N3O2.ClH/c1-21(2)18-8-6-16(7-9-18)14-17(15-20)19(23)24-13-12-22-10-4-3-5-11-22;/h3-11,14H,12-13H2,1-2H3;1H/q+1;/p-1/b17-14+;. The zero-order valence-electron chi connectivity index (χ0n) is 14.2. The second-order valence-corrected chi connectivity index (χ2v) is 5.41. The van der Waals surface area contributed by atoms with E-state index >= 15 is 0 Å². The van der Waals surface area contributed by atoms with Crippen molar-refractivity contribution in [3.05, 3.63) is 66.0 Å². The van der Waals surface area contributed by atoms with E-state index in [1.165, 1.54) is 6.08 Å². The number of halogens is 1. The van der Waals surface area contributed by atoms with Crippen LogP contribution in [0, 0.1) is 11.3 Å². The average molecular weight is 358 g/mol. The topological polar surface area (TPSA) is 57.2 Å². The molecule has 0 radical (unpaired) electrons. The van der Waals surface area contributed by atoms with Gasteiger partial charge in [0.15, 0.2) is 25.5 Å². The van der Waals surface area contributed by atoms with Gasteiger partial charge in [0.05, 0.1) is 0 Å². The van der Waals surface area contributed by atoms with Crippen LogP contribution in [0.25, 0.3) is 6.08 Å². The molecule has 0 saturated heterocycles. The van der Waals surface area contributed by atoms with Crippen molar-refractivity contribution < 1.29 is 26.5 Å². The summed E-state index contributed by atoms with van der Waals surface area (Å²) in [5, 5.41) is 9.18. The van der Waals surface area contributed by atoms with Crippen molar-refractivity contribution in [3.63, 3.8) is 0 Å². The molecule has 25 heavy (non-hydrogen) atoms. The lowest BCUT2D eigenvalue weighted by molar-refractivity contribution is -0.697. The first kappa shape index (κ1) is 20.2. The van der Waals surface area contributed by atoms with Gasteiger partial charge in [0.1, 0.15) is 11.6 Å². The molecule has 0 fully saturated rings. The third-order valence-electron chi connectivity index (χ3n) is 3.42. The lowest BCUT2D eigenvalue weighted by atomic mass is 10.1. The number of hydrogen-bond donors (Lipinski definition) is 0. The number of benzene rings is 1. The summed E-state index contributed by atoms with van der Waals surface area (Å²) in [5.74, 6) is -0.606. The van der Waals surface area contributed by atoms with E-state index in [9.17, 15) is 10.1 Å². The van der Waals surface area contributed by atoms with Crippen molar-refractivity contribution in [2.45, 2.75) is 6.54 Å². The fourth-order valence-electron chi connectivity index (χ4n) is 2.08. The molecule has 0 aliphatic carbocycles. The van der Waals surface area contributed by atoms with E-state index in [0.717, 1.165) is 11.3 Å². The summed E-state index contributed by atoms with van der Waals surface area (Å²) in [4.78, 5) is 14.0. The summed E-state index contributed by atoms with van der Waals surface area (Å²) in [6.07, 6.45) is 5.32. The lowest BCUT2D eigenvalue weighted by Gasteiger charge is -2.11. The minimum Gasteiger partial charge on any atom is -1.00 e. The summed E-state index contributed by atoms with van der Waals surface area (Å²) >= 11 is 0. The minimum atomic E-state index is -0.606. The first-order valence-electron chi connectivity index (χ1n) is 7.60. The van der Waals surface area contributed by atoms with Crippen molar-refractivity contribution >= 4 is 17.7 Å². The Balaban J connectivity index is 0.00000312. The summed E-state index contributed by atoms with van der Waals surface area (Å²) in [5.41, 5.74) is 1.82. The predicted molar refractivity (Wildman–Crippen MR) is 92.0 cm³/mol. The Morgan fingerprint density at radius 2 is 1.84 bits per heavy atom. The van der Waals surface area contributed by atoms with Crippen LogP contribution in [0.2, 0.25) is 0 Å². The molecule has 0 saturated carbocycles. The van der Waals surface area contributed by atoms with Crippen LogP contribution in [0.1, 0.15) is 5.56 Å². The van der Waals surface area contributed by atoms with Crippen LogP contribution in [-0.4, -0.2) is 26.7 Å². The monoisotopic (exact) mass is 357 g/mol. The molecule has 0 atom stereocenters. The van der Waals surface area contributed by atoms with E-state index in [0.29, 0.717) is 6.54 Å². The molecule has 0 N–H and O–H groups in total. The number of anilines is 1. The maximum Gasteiger partial charge on any atom is 0.349 e. The predicted octanol–water partition coefficient (Wildman–Crippen LogP) is -0.806. The summed E-state index contributed by atoms with van der Waals surface area (Å²) in [6.45, 7) is 0.759. The van der Waals surface area contributed by atoms with Gasteiger partial charge in [-0.15, -0.1) is 0 Å². The van der Waals surface area contributed by atoms with Gasteiger partial charge in [-0.3, -0.25) is 0 Å². The summed E-state index contributed by atoms with van der Waals surface area (Å²) in [6, 6.07) is 15.2. The van der Waals surface area contributed by atoms with Crippen LogP contribution in [0.4, 0.5) is 5.69 Å². The van der Waals surface area contributed by atoms with Crippen molar-refractivity contribution in [2.24, 2.45) is 0 Å². The fourth-order valence-corrected chi connectivity index (χ4v) is 2.08. The van der Waals surface area contributed by atoms with E-state index in [1.807, 2.05) is 84.5 Å². The zero-order chi connectivity index (χ0) is 17.4. The Labute approximate surface area is 154 Å². The molecule has 0 aliphatic heterocycles. The number of carbonyl (C=O) groups is 1. The van der Waals surface area contributed by atoms with Gasteiger partial charge in [0.2, 0.25) is 0 Å². The van der Waals surface area contributed by atoms with Crippen molar-refractivity contribution in [2.75, 3.05) is 25.6 Å². The van der Waals surface area contributed by atoms with Crippen molar-refractivity contribution in [1.82, 2.24) is 0 Å². The highest BCUT2D eigenvalue weighted by molar-refractivity contribution is 5.97. The van der Waals surface area contributed by atoms with E-state index in [1.54, 1.807) is 0 Å². The number of esters is 1. The number of ether oxygens (including phenoxy) is 1. The number of nitrogens with zero attached hydrogens (tertiary/aromatic N) is 3. The highest BCUT2D eigenvalue weighted by Gasteiger charge is 2.11. The smallest absolute Gasteiger partial charge is 0.349 e. The van der Waals surface area contributed by atoms with Crippen molar-refractivity contribution in [3.8, 4) is 6.07 Å². The van der Waals surface area contributed by atoms with Crippen LogP contribution in [0.3, 0.4) is 0 Å². The molecule has 6 heteroatoms. The molecule has 0 aliphatic rings. The van der Waals surface area contributed by atoms with Gasteiger partial charge in [-0.1, -0.05) is 18.2 Å². The Morgan fingerprint density at radius 1 is 1.20 bits per heavy atom. The lowest BCUT2D eigenvalue weighted by Crippen LogP contribution is -3.00. The second-order valence-electron chi connectivity index (χ2n) is 5.41. The van der Waals surface area contributed by atoms with Crippen molar-refractivity contribution in [1.29, 1.82) is 5.26 Å². The minimum absolute atomic E-state index is 0. The molecular weight excluding hydrogens is 338 g/mol. The molecule has 130 valence electrons. The number of hydrogen-bond acceptors (Lipinski definition) is 4. The molecule has 2 aromatic rings. The van der Waals surface area contributed by atoms with Crippen LogP contribution in [-0.2, 0) is 16.1 Å². The van der Waals surface area contributed by atoms with Crippen LogP contribution < -0.4 is 21.9 Å². The number of pyridine rings is 1. The van der Waals surface area contributed by atoms with E-state index in [-0.39, 0.29) is 24.6 Å². The van der Waals surface area contributed by atoms with Gasteiger partial charge in [-0.05, 0) is 23.8 Å². The first-order chi connectivity index (χ1) is 11.6. The zero-order valence-corrected chi connectivity index (χ0v) is 15.0. The summed E-state index contributed by atoms with van der Waals surface area (Å²) < 4.78 is 7.08. The number of aromatic nitrogens is 1. The molecule has 0 bridgehead atoms.